The second-order valence-electron chi connectivity index (χ2n) is 5.49. The number of carbonyl (C=O) groups excluding carboxylic acids is 1. The molecule has 116 valence electrons. The molecule has 2 heterocycles. The minimum Gasteiger partial charge on any atom is -0.339 e. The standard InChI is InChI=1S/C15H17ClN4O2/c1-19-15(22)17-13(18-19)10-6-8-20(9-7-10)14(21)11-4-2-3-5-12(11)16/h2-5,10H,6-9H2,1H3,(H,17,18,22). The highest BCUT2D eigenvalue weighted by molar-refractivity contribution is 6.33. The van der Waals surface area contributed by atoms with Gasteiger partial charge in [-0.2, -0.15) is 5.10 Å². The van der Waals surface area contributed by atoms with Gasteiger partial charge in [0, 0.05) is 26.1 Å². The van der Waals surface area contributed by atoms with Crippen molar-refractivity contribution in [2.45, 2.75) is 18.8 Å². The third-order valence-electron chi connectivity index (χ3n) is 4.06. The van der Waals surface area contributed by atoms with Crippen molar-refractivity contribution in [2.75, 3.05) is 13.1 Å². The van der Waals surface area contributed by atoms with Crippen molar-refractivity contribution in [1.29, 1.82) is 0 Å². The monoisotopic (exact) mass is 320 g/mol. The van der Waals surface area contributed by atoms with Gasteiger partial charge in [0.2, 0.25) is 0 Å². The first-order valence-electron chi connectivity index (χ1n) is 7.23. The maximum Gasteiger partial charge on any atom is 0.343 e. The predicted molar refractivity (Wildman–Crippen MR) is 83.2 cm³/mol. The molecule has 1 aromatic heterocycles. The van der Waals surface area contributed by atoms with E-state index in [4.69, 9.17) is 11.6 Å². The Balaban J connectivity index is 1.68. The van der Waals surface area contributed by atoms with E-state index in [1.165, 1.54) is 4.68 Å². The van der Waals surface area contributed by atoms with Gasteiger partial charge in [-0.25, -0.2) is 9.48 Å². The number of aromatic amines is 1. The number of nitrogens with zero attached hydrogens (tertiary/aromatic N) is 3. The molecule has 22 heavy (non-hydrogen) atoms. The third-order valence-corrected chi connectivity index (χ3v) is 4.39. The van der Waals surface area contributed by atoms with E-state index >= 15 is 0 Å². The van der Waals surface area contributed by atoms with Gasteiger partial charge in [-0.05, 0) is 25.0 Å². The maximum atomic E-state index is 12.5. The predicted octanol–water partition coefficient (Wildman–Crippen LogP) is 1.78. The minimum absolute atomic E-state index is 0.0430. The molecular formula is C15H17ClN4O2. The van der Waals surface area contributed by atoms with E-state index in [1.54, 1.807) is 24.1 Å². The first-order valence-corrected chi connectivity index (χ1v) is 7.61. The summed E-state index contributed by atoms with van der Waals surface area (Å²) in [5.74, 6) is 0.847. The highest BCUT2D eigenvalue weighted by Gasteiger charge is 2.27. The molecule has 2 aromatic rings. The van der Waals surface area contributed by atoms with Gasteiger partial charge in [0.25, 0.3) is 5.91 Å². The van der Waals surface area contributed by atoms with E-state index < -0.39 is 0 Å². The van der Waals surface area contributed by atoms with Crippen molar-refractivity contribution < 1.29 is 4.79 Å². The molecule has 0 saturated carbocycles. The lowest BCUT2D eigenvalue weighted by molar-refractivity contribution is 0.0711. The van der Waals surface area contributed by atoms with Gasteiger partial charge in [-0.15, -0.1) is 0 Å². The quantitative estimate of drug-likeness (QED) is 0.917. The van der Waals surface area contributed by atoms with Crippen LogP contribution in [-0.4, -0.2) is 38.7 Å². The zero-order chi connectivity index (χ0) is 15.7. The molecule has 6 nitrogen and oxygen atoms in total. The van der Waals surface area contributed by atoms with Crippen LogP contribution in [0.15, 0.2) is 29.1 Å². The average Bonchev–Trinajstić information content (AvgIpc) is 2.87. The number of aromatic nitrogens is 3. The van der Waals surface area contributed by atoms with Gasteiger partial charge in [-0.3, -0.25) is 9.78 Å². The van der Waals surface area contributed by atoms with Crippen LogP contribution in [0.3, 0.4) is 0 Å². The van der Waals surface area contributed by atoms with Gasteiger partial charge in [0.05, 0.1) is 10.6 Å². The van der Waals surface area contributed by atoms with Gasteiger partial charge >= 0.3 is 5.69 Å². The first-order chi connectivity index (χ1) is 10.6. The highest BCUT2D eigenvalue weighted by Crippen LogP contribution is 2.26. The van der Waals surface area contributed by atoms with Gasteiger partial charge in [0.15, 0.2) is 0 Å². The molecule has 0 radical (unpaired) electrons. The highest BCUT2D eigenvalue weighted by atomic mass is 35.5. The Hall–Kier alpha value is -2.08. The second kappa shape index (κ2) is 5.96. The Morgan fingerprint density at radius 3 is 2.59 bits per heavy atom. The van der Waals surface area contributed by atoms with Crippen molar-refractivity contribution in [3.05, 3.63) is 51.2 Å². The van der Waals surface area contributed by atoms with E-state index in [-0.39, 0.29) is 17.5 Å². The zero-order valence-electron chi connectivity index (χ0n) is 12.3. The summed E-state index contributed by atoms with van der Waals surface area (Å²) < 4.78 is 1.30. The number of piperidine rings is 1. The number of benzene rings is 1. The molecule has 1 N–H and O–H groups in total. The summed E-state index contributed by atoms with van der Waals surface area (Å²) in [6.45, 7) is 1.26. The molecule has 1 aliphatic heterocycles. The molecule has 0 aliphatic carbocycles. The topological polar surface area (TPSA) is 71.0 Å². The third kappa shape index (κ3) is 2.78. The lowest BCUT2D eigenvalue weighted by Gasteiger charge is -2.31. The maximum absolute atomic E-state index is 12.5. The molecule has 0 bridgehead atoms. The molecule has 0 unspecified atom stereocenters. The molecule has 3 rings (SSSR count). The van der Waals surface area contributed by atoms with Gasteiger partial charge < -0.3 is 4.90 Å². The summed E-state index contributed by atoms with van der Waals surface area (Å²) in [4.78, 5) is 28.5. The fraction of sp³-hybridized carbons (Fsp3) is 0.400. The van der Waals surface area contributed by atoms with E-state index in [0.29, 0.717) is 29.5 Å². The fourth-order valence-corrected chi connectivity index (χ4v) is 2.98. The van der Waals surface area contributed by atoms with E-state index in [0.717, 1.165) is 12.8 Å². The van der Waals surface area contributed by atoms with E-state index in [1.807, 2.05) is 12.1 Å². The number of rotatable bonds is 2. The number of likely N-dealkylation sites (tertiary alicyclic amines) is 1. The second-order valence-corrected chi connectivity index (χ2v) is 5.89. The summed E-state index contributed by atoms with van der Waals surface area (Å²) in [5, 5.41) is 4.68. The Morgan fingerprint density at radius 2 is 2.00 bits per heavy atom. The number of halogens is 1. The normalized spacial score (nSPS) is 16.0. The number of hydrogen-bond donors (Lipinski definition) is 1. The summed E-state index contributed by atoms with van der Waals surface area (Å²) in [6.07, 6.45) is 1.56. The largest absolute Gasteiger partial charge is 0.343 e. The van der Waals surface area contributed by atoms with Crippen molar-refractivity contribution >= 4 is 17.5 Å². The number of nitrogens with one attached hydrogen (secondary N) is 1. The van der Waals surface area contributed by atoms with Crippen LogP contribution >= 0.6 is 11.6 Å². The number of aryl methyl sites for hydroxylation is 1. The molecule has 1 aromatic carbocycles. The van der Waals surface area contributed by atoms with Crippen LogP contribution < -0.4 is 5.69 Å². The summed E-state index contributed by atoms with van der Waals surface area (Å²) in [7, 11) is 1.62. The van der Waals surface area contributed by atoms with Crippen LogP contribution in [-0.2, 0) is 7.05 Å². The SMILES string of the molecule is Cn1nc(C2CCN(C(=O)c3ccccc3Cl)CC2)[nH]c1=O. The zero-order valence-corrected chi connectivity index (χ0v) is 13.0. The van der Waals surface area contributed by atoms with Crippen LogP contribution in [0.4, 0.5) is 0 Å². The van der Waals surface area contributed by atoms with Gasteiger partial charge in [-0.1, -0.05) is 23.7 Å². The summed E-state index contributed by atoms with van der Waals surface area (Å²) in [5.41, 5.74) is 0.332. The van der Waals surface area contributed by atoms with Crippen molar-refractivity contribution in [3.8, 4) is 0 Å². The average molecular weight is 321 g/mol. The van der Waals surface area contributed by atoms with Crippen molar-refractivity contribution in [3.63, 3.8) is 0 Å². The Kier molecular flexibility index (Phi) is 4.02. The van der Waals surface area contributed by atoms with E-state index in [9.17, 15) is 9.59 Å². The fourth-order valence-electron chi connectivity index (χ4n) is 2.77. The molecular weight excluding hydrogens is 304 g/mol. The molecule has 1 saturated heterocycles. The Bertz CT molecular complexity index is 744. The van der Waals surface area contributed by atoms with Crippen LogP contribution in [0.25, 0.3) is 0 Å². The molecule has 1 fully saturated rings. The van der Waals surface area contributed by atoms with Crippen LogP contribution in [0.1, 0.15) is 34.9 Å². The van der Waals surface area contributed by atoms with Crippen molar-refractivity contribution in [2.24, 2.45) is 7.05 Å². The lowest BCUT2D eigenvalue weighted by Crippen LogP contribution is -2.38. The van der Waals surface area contributed by atoms with Crippen LogP contribution in [0.5, 0.6) is 0 Å². The van der Waals surface area contributed by atoms with Crippen molar-refractivity contribution in [1.82, 2.24) is 19.7 Å². The minimum atomic E-state index is -0.204. The van der Waals surface area contributed by atoms with Crippen LogP contribution in [0, 0.1) is 0 Å². The van der Waals surface area contributed by atoms with Gasteiger partial charge in [0.1, 0.15) is 5.82 Å². The van der Waals surface area contributed by atoms with Crippen LogP contribution in [0.2, 0.25) is 5.02 Å². The number of H-pyrrole nitrogens is 1. The number of hydrogen-bond acceptors (Lipinski definition) is 3. The molecule has 7 heteroatoms. The summed E-state index contributed by atoms with van der Waals surface area (Å²) in [6, 6.07) is 7.08. The number of amides is 1. The molecule has 1 aliphatic rings. The summed E-state index contributed by atoms with van der Waals surface area (Å²) >= 11 is 6.08. The van der Waals surface area contributed by atoms with E-state index in [2.05, 4.69) is 10.1 Å². The number of carbonyl (C=O) groups is 1. The molecule has 0 spiro atoms. The Morgan fingerprint density at radius 1 is 1.32 bits per heavy atom. The Labute approximate surface area is 132 Å². The smallest absolute Gasteiger partial charge is 0.339 e. The first kappa shape index (κ1) is 14.8. The lowest BCUT2D eigenvalue weighted by atomic mass is 9.95. The molecule has 1 amide bonds. The molecule has 0 atom stereocenters.